The maximum atomic E-state index is 12.9. The number of ether oxygens (including phenoxy) is 2. The summed E-state index contributed by atoms with van der Waals surface area (Å²) in [7, 11) is 0. The average molecular weight is 410 g/mol. The Hall–Kier alpha value is -2.72. The van der Waals surface area contributed by atoms with E-state index < -0.39 is 0 Å². The Kier molecular flexibility index (Phi) is 5.91. The van der Waals surface area contributed by atoms with E-state index in [-0.39, 0.29) is 18.0 Å². The maximum Gasteiger partial charge on any atom is 0.237 e. The average Bonchev–Trinajstić information content (AvgIpc) is 3.08. The molecular weight excluding hydrogens is 386 g/mol. The normalized spacial score (nSPS) is 15.7. The number of aryl methyl sites for hydroxylation is 2. The number of nitrogens with one attached hydrogen (secondary N) is 1. The number of carbonyl (C=O) groups is 1. The monoisotopic (exact) mass is 409 g/mol. The van der Waals surface area contributed by atoms with Crippen molar-refractivity contribution in [1.29, 1.82) is 5.26 Å². The van der Waals surface area contributed by atoms with E-state index in [9.17, 15) is 10.1 Å². The lowest BCUT2D eigenvalue weighted by Gasteiger charge is -2.16. The van der Waals surface area contributed by atoms with Crippen LogP contribution >= 0.6 is 11.8 Å². The fraction of sp³-hybridized carbons (Fsp3) is 0.409. The van der Waals surface area contributed by atoms with E-state index in [1.165, 1.54) is 23.7 Å². The molecule has 1 aliphatic heterocycles. The summed E-state index contributed by atoms with van der Waals surface area (Å²) in [6.07, 6.45) is 6.00. The van der Waals surface area contributed by atoms with E-state index in [4.69, 9.17) is 14.5 Å². The topological polar surface area (TPSA) is 84.2 Å². The summed E-state index contributed by atoms with van der Waals surface area (Å²) in [6.45, 7) is 2.16. The van der Waals surface area contributed by atoms with E-state index in [1.807, 2.05) is 13.0 Å². The lowest BCUT2D eigenvalue weighted by atomic mass is 10.1. The first-order valence-corrected chi connectivity index (χ1v) is 10.9. The molecule has 1 unspecified atom stereocenters. The zero-order valence-corrected chi connectivity index (χ0v) is 17.2. The zero-order chi connectivity index (χ0) is 20.2. The van der Waals surface area contributed by atoms with E-state index in [1.54, 1.807) is 18.2 Å². The van der Waals surface area contributed by atoms with Crippen LogP contribution in [0.1, 0.15) is 49.4 Å². The van der Waals surface area contributed by atoms with Crippen LogP contribution in [-0.4, -0.2) is 22.9 Å². The smallest absolute Gasteiger partial charge is 0.237 e. The summed E-state index contributed by atoms with van der Waals surface area (Å²) in [6, 6.07) is 9.58. The second-order valence-corrected chi connectivity index (χ2v) is 8.38. The molecule has 2 aromatic rings. The molecule has 7 heteroatoms. The molecule has 2 heterocycles. The molecule has 0 fully saturated rings. The number of nitriles is 1. The van der Waals surface area contributed by atoms with Crippen LogP contribution in [0.3, 0.4) is 0 Å². The Morgan fingerprint density at radius 1 is 1.24 bits per heavy atom. The number of aromatic nitrogens is 1. The van der Waals surface area contributed by atoms with Crippen molar-refractivity contribution in [3.8, 4) is 17.6 Å². The number of thioether (sulfide) groups is 1. The molecule has 0 saturated carbocycles. The van der Waals surface area contributed by atoms with Crippen LogP contribution in [0.25, 0.3) is 0 Å². The third-order valence-corrected chi connectivity index (χ3v) is 6.56. The first kappa shape index (κ1) is 19.6. The van der Waals surface area contributed by atoms with Gasteiger partial charge in [-0.3, -0.25) is 4.79 Å². The molecule has 1 amide bonds. The van der Waals surface area contributed by atoms with Crippen LogP contribution in [0.2, 0.25) is 0 Å². The molecule has 1 aromatic heterocycles. The predicted octanol–water partition coefficient (Wildman–Crippen LogP) is 4.46. The van der Waals surface area contributed by atoms with Gasteiger partial charge in [0.25, 0.3) is 0 Å². The standard InChI is InChI=1S/C22H23N3O3S/c1-2-20(21(26)24-16-8-9-18-19(11-16)28-13-27-18)29-22-15(12-23)10-14-6-4-3-5-7-17(14)25-22/h8-11,20H,2-7,13H2,1H3,(H,24,26). The van der Waals surface area contributed by atoms with Crippen LogP contribution in [0.4, 0.5) is 5.69 Å². The zero-order valence-electron chi connectivity index (χ0n) is 16.4. The summed E-state index contributed by atoms with van der Waals surface area (Å²) >= 11 is 1.37. The number of benzene rings is 1. The van der Waals surface area contributed by atoms with Gasteiger partial charge in [0.1, 0.15) is 11.1 Å². The van der Waals surface area contributed by atoms with Gasteiger partial charge in [0, 0.05) is 17.4 Å². The van der Waals surface area contributed by atoms with Crippen LogP contribution in [0.15, 0.2) is 29.3 Å². The number of pyridine rings is 1. The molecular formula is C22H23N3O3S. The number of hydrogen-bond acceptors (Lipinski definition) is 6. The first-order valence-electron chi connectivity index (χ1n) is 9.98. The highest BCUT2D eigenvalue weighted by molar-refractivity contribution is 8.00. The number of fused-ring (bicyclic) bond motifs is 2. The van der Waals surface area contributed by atoms with Crippen molar-refractivity contribution < 1.29 is 14.3 Å². The third kappa shape index (κ3) is 4.33. The highest BCUT2D eigenvalue weighted by atomic mass is 32.2. The highest BCUT2D eigenvalue weighted by Gasteiger charge is 2.23. The molecule has 0 radical (unpaired) electrons. The maximum absolute atomic E-state index is 12.9. The molecule has 1 aliphatic carbocycles. The fourth-order valence-electron chi connectivity index (χ4n) is 3.62. The van der Waals surface area contributed by atoms with Crippen LogP contribution in [0, 0.1) is 11.3 Å². The Morgan fingerprint density at radius 2 is 2.07 bits per heavy atom. The Bertz CT molecular complexity index is 971. The van der Waals surface area contributed by atoms with Crippen molar-refractivity contribution in [3.05, 3.63) is 41.1 Å². The molecule has 1 atom stereocenters. The van der Waals surface area contributed by atoms with Gasteiger partial charge in [-0.05, 0) is 55.9 Å². The van der Waals surface area contributed by atoms with Gasteiger partial charge in [-0.1, -0.05) is 25.1 Å². The second kappa shape index (κ2) is 8.75. The van der Waals surface area contributed by atoms with Crippen molar-refractivity contribution in [3.63, 3.8) is 0 Å². The van der Waals surface area contributed by atoms with Crippen LogP contribution in [-0.2, 0) is 17.6 Å². The number of rotatable bonds is 5. The first-order chi connectivity index (χ1) is 14.2. The van der Waals surface area contributed by atoms with Gasteiger partial charge < -0.3 is 14.8 Å². The largest absolute Gasteiger partial charge is 0.454 e. The minimum absolute atomic E-state index is 0.114. The lowest BCUT2D eigenvalue weighted by Crippen LogP contribution is -2.25. The molecule has 0 spiro atoms. The SMILES string of the molecule is CCC(Sc1nc2c(cc1C#N)CCCCC2)C(=O)Nc1ccc2c(c1)OCO2. The van der Waals surface area contributed by atoms with E-state index in [2.05, 4.69) is 11.4 Å². The summed E-state index contributed by atoms with van der Waals surface area (Å²) < 4.78 is 10.7. The van der Waals surface area contributed by atoms with Gasteiger partial charge in [-0.2, -0.15) is 5.26 Å². The molecule has 4 rings (SSSR count). The fourth-order valence-corrected chi connectivity index (χ4v) is 4.61. The highest BCUT2D eigenvalue weighted by Crippen LogP contribution is 2.35. The lowest BCUT2D eigenvalue weighted by molar-refractivity contribution is -0.115. The van der Waals surface area contributed by atoms with Gasteiger partial charge in [-0.15, -0.1) is 0 Å². The van der Waals surface area contributed by atoms with Crippen molar-refractivity contribution in [2.75, 3.05) is 12.1 Å². The Morgan fingerprint density at radius 3 is 2.90 bits per heavy atom. The molecule has 29 heavy (non-hydrogen) atoms. The van der Waals surface area contributed by atoms with Gasteiger partial charge in [0.05, 0.1) is 10.8 Å². The molecule has 1 N–H and O–H groups in total. The van der Waals surface area contributed by atoms with Crippen LogP contribution in [0.5, 0.6) is 11.5 Å². The summed E-state index contributed by atoms with van der Waals surface area (Å²) in [5.41, 5.74) is 3.48. The summed E-state index contributed by atoms with van der Waals surface area (Å²) in [5.74, 6) is 1.19. The van der Waals surface area contributed by atoms with Crippen molar-refractivity contribution in [2.45, 2.75) is 55.7 Å². The quantitative estimate of drug-likeness (QED) is 0.580. The molecule has 150 valence electrons. The number of hydrogen-bond donors (Lipinski definition) is 1. The third-order valence-electron chi connectivity index (χ3n) is 5.19. The van der Waals surface area contributed by atoms with Crippen molar-refractivity contribution in [2.24, 2.45) is 0 Å². The molecule has 1 aromatic carbocycles. The van der Waals surface area contributed by atoms with E-state index >= 15 is 0 Å². The van der Waals surface area contributed by atoms with Crippen molar-refractivity contribution in [1.82, 2.24) is 4.98 Å². The summed E-state index contributed by atoms with van der Waals surface area (Å²) in [5, 5.41) is 12.9. The van der Waals surface area contributed by atoms with E-state index in [0.717, 1.165) is 31.4 Å². The molecule has 0 bridgehead atoms. The van der Waals surface area contributed by atoms with Gasteiger partial charge in [0.15, 0.2) is 11.5 Å². The molecule has 6 nitrogen and oxygen atoms in total. The predicted molar refractivity (Wildman–Crippen MR) is 111 cm³/mol. The van der Waals surface area contributed by atoms with Crippen LogP contribution < -0.4 is 14.8 Å². The van der Waals surface area contributed by atoms with Gasteiger partial charge >= 0.3 is 0 Å². The minimum atomic E-state index is -0.344. The van der Waals surface area contributed by atoms with Gasteiger partial charge in [0.2, 0.25) is 12.7 Å². The second-order valence-electron chi connectivity index (χ2n) is 7.19. The van der Waals surface area contributed by atoms with Gasteiger partial charge in [-0.25, -0.2) is 4.98 Å². The Balaban J connectivity index is 1.51. The Labute approximate surface area is 174 Å². The molecule has 0 saturated heterocycles. The number of carbonyl (C=O) groups excluding carboxylic acids is 1. The molecule has 2 aliphatic rings. The number of nitrogens with zero attached hydrogens (tertiary/aromatic N) is 2. The van der Waals surface area contributed by atoms with E-state index in [0.29, 0.717) is 34.2 Å². The summed E-state index contributed by atoms with van der Waals surface area (Å²) in [4.78, 5) is 17.7. The van der Waals surface area contributed by atoms with Crippen molar-refractivity contribution >= 4 is 23.4 Å². The number of anilines is 1. The minimum Gasteiger partial charge on any atom is -0.454 e. The number of amides is 1.